The summed E-state index contributed by atoms with van der Waals surface area (Å²) in [5.41, 5.74) is 1.32. The van der Waals surface area contributed by atoms with Crippen molar-refractivity contribution in [1.82, 2.24) is 4.98 Å². The molecule has 0 amide bonds. The fourth-order valence-electron chi connectivity index (χ4n) is 2.51. The van der Waals surface area contributed by atoms with Gasteiger partial charge in [-0.3, -0.25) is 4.98 Å². The molecule has 0 fully saturated rings. The Morgan fingerprint density at radius 2 is 1.75 bits per heavy atom. The molecule has 1 aromatic heterocycles. The molecule has 2 nitrogen and oxygen atoms in total. The van der Waals surface area contributed by atoms with Gasteiger partial charge in [-0.2, -0.15) is 0 Å². The van der Waals surface area contributed by atoms with Crippen molar-refractivity contribution < 1.29 is 5.11 Å². The van der Waals surface area contributed by atoms with Crippen molar-refractivity contribution in [3.8, 4) is 0 Å². The Morgan fingerprint density at radius 1 is 1.00 bits per heavy atom. The molecular weight excluding hydrogens is 246 g/mol. The largest absolute Gasteiger partial charge is 0.385 e. The van der Waals surface area contributed by atoms with Gasteiger partial charge in [0, 0.05) is 11.9 Å². The third kappa shape index (κ3) is 3.91. The van der Waals surface area contributed by atoms with Crippen LogP contribution in [0.25, 0.3) is 0 Å². The minimum absolute atomic E-state index is 0.716. The number of aliphatic hydroxyl groups is 1. The molecule has 2 aromatic rings. The molecule has 0 saturated carbocycles. The van der Waals surface area contributed by atoms with Crippen LogP contribution in [0.5, 0.6) is 0 Å². The Morgan fingerprint density at radius 3 is 2.40 bits per heavy atom. The minimum atomic E-state index is -0.741. The fourth-order valence-corrected chi connectivity index (χ4v) is 2.51. The van der Waals surface area contributed by atoms with Crippen LogP contribution < -0.4 is 0 Å². The number of pyridine rings is 1. The molecule has 1 N–H and O–H groups in total. The van der Waals surface area contributed by atoms with E-state index in [0.717, 1.165) is 36.9 Å². The number of rotatable bonds is 7. The second kappa shape index (κ2) is 7.20. The number of aryl methyl sites for hydroxylation is 1. The van der Waals surface area contributed by atoms with Crippen molar-refractivity contribution in [2.45, 2.75) is 44.6 Å². The third-order valence-corrected chi connectivity index (χ3v) is 3.78. The highest BCUT2D eigenvalue weighted by Crippen LogP contribution is 2.31. The van der Waals surface area contributed by atoms with E-state index in [9.17, 15) is 5.11 Å². The molecule has 0 aliphatic carbocycles. The summed E-state index contributed by atoms with van der Waals surface area (Å²) in [6.07, 6.45) is 6.26. The van der Waals surface area contributed by atoms with Crippen LogP contribution >= 0.6 is 0 Å². The van der Waals surface area contributed by atoms with Crippen molar-refractivity contribution in [1.29, 1.82) is 0 Å². The Labute approximate surface area is 121 Å². The fraction of sp³-hybridized carbons (Fsp3) is 0.389. The summed E-state index contributed by atoms with van der Waals surface area (Å²) in [6.45, 7) is 2.16. The molecule has 20 heavy (non-hydrogen) atoms. The Hall–Kier alpha value is -1.67. The lowest BCUT2D eigenvalue weighted by Crippen LogP contribution is -2.26. The van der Waals surface area contributed by atoms with E-state index >= 15 is 0 Å². The number of hydrogen-bond acceptors (Lipinski definition) is 2. The van der Waals surface area contributed by atoms with Crippen molar-refractivity contribution in [2.24, 2.45) is 0 Å². The van der Waals surface area contributed by atoms with Gasteiger partial charge in [0.1, 0.15) is 0 Å². The SMILES string of the molecule is CCCCC(O)(CCc1ccccn1)c1ccccc1. The second-order valence-electron chi connectivity index (χ2n) is 5.32. The molecule has 1 heterocycles. The predicted molar refractivity (Wildman–Crippen MR) is 82.4 cm³/mol. The lowest BCUT2D eigenvalue weighted by Gasteiger charge is -2.29. The predicted octanol–water partition coefficient (Wildman–Crippen LogP) is 4.09. The van der Waals surface area contributed by atoms with Gasteiger partial charge in [0.2, 0.25) is 0 Å². The van der Waals surface area contributed by atoms with Crippen molar-refractivity contribution in [3.63, 3.8) is 0 Å². The van der Waals surface area contributed by atoms with Gasteiger partial charge < -0.3 is 5.11 Å². The van der Waals surface area contributed by atoms with E-state index < -0.39 is 5.60 Å². The summed E-state index contributed by atoms with van der Waals surface area (Å²) in [7, 11) is 0. The zero-order valence-corrected chi connectivity index (χ0v) is 12.1. The van der Waals surface area contributed by atoms with Crippen molar-refractivity contribution in [3.05, 3.63) is 66.0 Å². The van der Waals surface area contributed by atoms with E-state index in [1.807, 2.05) is 54.7 Å². The molecule has 0 saturated heterocycles. The molecule has 1 atom stereocenters. The number of benzene rings is 1. The van der Waals surface area contributed by atoms with Gasteiger partial charge in [-0.15, -0.1) is 0 Å². The molecule has 2 heteroatoms. The lowest BCUT2D eigenvalue weighted by molar-refractivity contribution is 0.0163. The standard InChI is InChI=1S/C18H23NO/c1-2-3-13-18(20,16-9-5-4-6-10-16)14-12-17-11-7-8-15-19-17/h4-11,15,20H,2-3,12-14H2,1H3. The smallest absolute Gasteiger partial charge is 0.0900 e. The van der Waals surface area contributed by atoms with E-state index in [2.05, 4.69) is 11.9 Å². The molecule has 0 aliphatic heterocycles. The van der Waals surface area contributed by atoms with E-state index in [1.54, 1.807) is 0 Å². The summed E-state index contributed by atoms with van der Waals surface area (Å²) in [5, 5.41) is 11.0. The Bertz CT molecular complexity index is 497. The molecule has 0 bridgehead atoms. The highest BCUT2D eigenvalue weighted by Gasteiger charge is 2.28. The molecule has 1 unspecified atom stereocenters. The first-order valence-electron chi connectivity index (χ1n) is 7.42. The van der Waals surface area contributed by atoms with Gasteiger partial charge in [0.25, 0.3) is 0 Å². The maximum atomic E-state index is 11.0. The number of aromatic nitrogens is 1. The Kier molecular flexibility index (Phi) is 5.31. The van der Waals surface area contributed by atoms with E-state index in [0.29, 0.717) is 6.42 Å². The van der Waals surface area contributed by atoms with Crippen LogP contribution in [-0.4, -0.2) is 10.1 Å². The first kappa shape index (κ1) is 14.7. The van der Waals surface area contributed by atoms with Crippen LogP contribution in [0.4, 0.5) is 0 Å². The molecule has 1 aromatic carbocycles. The zero-order valence-electron chi connectivity index (χ0n) is 12.1. The number of hydrogen-bond donors (Lipinski definition) is 1. The van der Waals surface area contributed by atoms with Crippen molar-refractivity contribution in [2.75, 3.05) is 0 Å². The summed E-state index contributed by atoms with van der Waals surface area (Å²) in [5.74, 6) is 0. The summed E-state index contributed by atoms with van der Waals surface area (Å²) < 4.78 is 0. The van der Waals surface area contributed by atoms with Gasteiger partial charge in [0.05, 0.1) is 5.60 Å². The molecule has 106 valence electrons. The quantitative estimate of drug-likeness (QED) is 0.821. The first-order valence-corrected chi connectivity index (χ1v) is 7.42. The molecular formula is C18H23NO. The van der Waals surface area contributed by atoms with Crippen LogP contribution in [0.3, 0.4) is 0 Å². The van der Waals surface area contributed by atoms with Crippen LogP contribution in [0.2, 0.25) is 0 Å². The van der Waals surface area contributed by atoms with Gasteiger partial charge in [0.15, 0.2) is 0 Å². The van der Waals surface area contributed by atoms with Crippen LogP contribution in [-0.2, 0) is 12.0 Å². The zero-order chi connectivity index (χ0) is 14.3. The summed E-state index contributed by atoms with van der Waals surface area (Å²) in [4.78, 5) is 4.34. The van der Waals surface area contributed by atoms with Crippen LogP contribution in [0, 0.1) is 0 Å². The topological polar surface area (TPSA) is 33.1 Å². The van der Waals surface area contributed by atoms with Gasteiger partial charge in [-0.1, -0.05) is 56.2 Å². The highest BCUT2D eigenvalue weighted by molar-refractivity contribution is 5.22. The first-order chi connectivity index (χ1) is 9.74. The maximum absolute atomic E-state index is 11.0. The normalized spacial score (nSPS) is 13.9. The van der Waals surface area contributed by atoms with E-state index in [1.165, 1.54) is 0 Å². The van der Waals surface area contributed by atoms with E-state index in [-0.39, 0.29) is 0 Å². The molecule has 2 rings (SSSR count). The molecule has 0 radical (unpaired) electrons. The highest BCUT2D eigenvalue weighted by atomic mass is 16.3. The summed E-state index contributed by atoms with van der Waals surface area (Å²) >= 11 is 0. The van der Waals surface area contributed by atoms with Gasteiger partial charge in [-0.25, -0.2) is 0 Å². The average Bonchev–Trinajstić information content (AvgIpc) is 2.53. The average molecular weight is 269 g/mol. The Balaban J connectivity index is 2.11. The molecule has 0 spiro atoms. The molecule has 0 aliphatic rings. The number of unbranched alkanes of at least 4 members (excludes halogenated alkanes) is 1. The second-order valence-corrected chi connectivity index (χ2v) is 5.32. The van der Waals surface area contributed by atoms with Crippen LogP contribution in [0.15, 0.2) is 54.7 Å². The van der Waals surface area contributed by atoms with Crippen LogP contribution in [0.1, 0.15) is 43.9 Å². The third-order valence-electron chi connectivity index (χ3n) is 3.78. The minimum Gasteiger partial charge on any atom is -0.385 e. The lowest BCUT2D eigenvalue weighted by atomic mass is 9.84. The number of nitrogens with zero attached hydrogens (tertiary/aromatic N) is 1. The van der Waals surface area contributed by atoms with Crippen molar-refractivity contribution >= 4 is 0 Å². The van der Waals surface area contributed by atoms with Gasteiger partial charge in [-0.05, 0) is 37.0 Å². The monoisotopic (exact) mass is 269 g/mol. The van der Waals surface area contributed by atoms with Gasteiger partial charge >= 0.3 is 0 Å². The van der Waals surface area contributed by atoms with E-state index in [4.69, 9.17) is 0 Å². The summed E-state index contributed by atoms with van der Waals surface area (Å²) in [6, 6.07) is 16.0. The maximum Gasteiger partial charge on any atom is 0.0900 e.